The van der Waals surface area contributed by atoms with Gasteiger partial charge >= 0.3 is 0 Å². The van der Waals surface area contributed by atoms with Gasteiger partial charge in [0.05, 0.1) is 11.9 Å². The lowest BCUT2D eigenvalue weighted by molar-refractivity contribution is 0.810. The molecule has 6 heteroatoms. The summed E-state index contributed by atoms with van der Waals surface area (Å²) in [6.07, 6.45) is 1.76. The van der Waals surface area contributed by atoms with Crippen LogP contribution in [-0.2, 0) is 7.05 Å². The normalized spacial score (nSPS) is 11.7. The summed E-state index contributed by atoms with van der Waals surface area (Å²) in [4.78, 5) is 18.7. The molecule has 2 aromatic heterocycles. The summed E-state index contributed by atoms with van der Waals surface area (Å²) < 4.78 is 2.14. The van der Waals surface area contributed by atoms with E-state index in [1.165, 1.54) is 6.07 Å². The molecule has 3 rings (SSSR count). The van der Waals surface area contributed by atoms with Crippen molar-refractivity contribution >= 4 is 23.1 Å². The first kappa shape index (κ1) is 16.0. The van der Waals surface area contributed by atoms with E-state index in [4.69, 9.17) is 0 Å². The highest BCUT2D eigenvalue weighted by atomic mass is 16.1. The Hall–Kier alpha value is -2.89. The molecule has 0 saturated heterocycles. The second-order valence-electron chi connectivity index (χ2n) is 6.12. The fraction of sp³-hybridized carbons (Fsp3) is 0.278. The largest absolute Gasteiger partial charge is 0.347 e. The SMILES string of the molecule is Cc1c(/C=N\Nc2nc(C(C)C)cc(=O)[nH]2)c2ccccc2n1C. The Morgan fingerprint density at radius 2 is 2.08 bits per heavy atom. The van der Waals surface area contributed by atoms with E-state index in [2.05, 4.69) is 44.1 Å². The molecule has 0 aliphatic carbocycles. The maximum Gasteiger partial charge on any atom is 0.252 e. The molecule has 6 nitrogen and oxygen atoms in total. The van der Waals surface area contributed by atoms with Gasteiger partial charge in [-0.15, -0.1) is 0 Å². The third-order valence-electron chi connectivity index (χ3n) is 4.17. The number of anilines is 1. The number of hydrazone groups is 1. The van der Waals surface area contributed by atoms with Crippen LogP contribution < -0.4 is 11.0 Å². The van der Waals surface area contributed by atoms with Gasteiger partial charge in [0.15, 0.2) is 0 Å². The Labute approximate surface area is 140 Å². The number of nitrogens with one attached hydrogen (secondary N) is 2. The van der Waals surface area contributed by atoms with Crippen LogP contribution in [0.3, 0.4) is 0 Å². The highest BCUT2D eigenvalue weighted by Gasteiger charge is 2.09. The minimum Gasteiger partial charge on any atom is -0.347 e. The third kappa shape index (κ3) is 2.95. The van der Waals surface area contributed by atoms with Gasteiger partial charge in [-0.3, -0.25) is 9.78 Å². The smallest absolute Gasteiger partial charge is 0.252 e. The Balaban J connectivity index is 1.91. The van der Waals surface area contributed by atoms with Crippen LogP contribution in [0, 0.1) is 6.92 Å². The first-order valence-electron chi connectivity index (χ1n) is 7.91. The Bertz CT molecular complexity index is 965. The number of aromatic nitrogens is 3. The van der Waals surface area contributed by atoms with Crippen molar-refractivity contribution in [3.8, 4) is 0 Å². The molecule has 2 N–H and O–H groups in total. The standard InChI is InChI=1S/C18H21N5O/c1-11(2)15-9-17(24)21-18(20-15)22-19-10-14-12(3)23(4)16-8-6-5-7-13(14)16/h5-11H,1-4H3,(H2,20,21,22,24)/b19-10-. The van der Waals surface area contributed by atoms with E-state index < -0.39 is 0 Å². The van der Waals surface area contributed by atoms with Crippen LogP contribution in [-0.4, -0.2) is 20.7 Å². The number of aryl methyl sites for hydroxylation is 1. The van der Waals surface area contributed by atoms with Crippen molar-refractivity contribution in [2.24, 2.45) is 12.1 Å². The molecule has 3 aromatic rings. The van der Waals surface area contributed by atoms with Crippen molar-refractivity contribution in [3.05, 3.63) is 57.6 Å². The van der Waals surface area contributed by atoms with Crippen molar-refractivity contribution in [2.75, 3.05) is 5.43 Å². The molecule has 0 unspecified atom stereocenters. The van der Waals surface area contributed by atoms with E-state index in [-0.39, 0.29) is 11.5 Å². The predicted octanol–water partition coefficient (Wildman–Crippen LogP) is 3.14. The third-order valence-corrected chi connectivity index (χ3v) is 4.17. The van der Waals surface area contributed by atoms with Gasteiger partial charge in [0.25, 0.3) is 5.56 Å². The quantitative estimate of drug-likeness (QED) is 0.572. The molecule has 0 spiro atoms. The lowest BCUT2D eigenvalue weighted by Gasteiger charge is -2.05. The number of para-hydroxylation sites is 1. The van der Waals surface area contributed by atoms with E-state index in [9.17, 15) is 4.79 Å². The zero-order valence-corrected chi connectivity index (χ0v) is 14.3. The second kappa shape index (κ2) is 6.31. The van der Waals surface area contributed by atoms with Crippen molar-refractivity contribution in [1.29, 1.82) is 0 Å². The van der Waals surface area contributed by atoms with Gasteiger partial charge in [-0.25, -0.2) is 10.4 Å². The van der Waals surface area contributed by atoms with Crippen LogP contribution in [0.25, 0.3) is 10.9 Å². The number of benzene rings is 1. The minimum absolute atomic E-state index is 0.178. The zero-order valence-electron chi connectivity index (χ0n) is 14.3. The number of rotatable bonds is 4. The molecular formula is C18H21N5O. The van der Waals surface area contributed by atoms with Crippen LogP contribution in [0.5, 0.6) is 0 Å². The van der Waals surface area contributed by atoms with E-state index >= 15 is 0 Å². The summed E-state index contributed by atoms with van der Waals surface area (Å²) in [5.41, 5.74) is 6.70. The minimum atomic E-state index is -0.187. The summed E-state index contributed by atoms with van der Waals surface area (Å²) in [7, 11) is 2.04. The van der Waals surface area contributed by atoms with E-state index in [1.807, 2.05) is 33.0 Å². The molecule has 0 atom stereocenters. The fourth-order valence-corrected chi connectivity index (χ4v) is 2.70. The van der Waals surface area contributed by atoms with Crippen molar-refractivity contribution in [3.63, 3.8) is 0 Å². The van der Waals surface area contributed by atoms with Crippen molar-refractivity contribution < 1.29 is 0 Å². The Kier molecular flexibility index (Phi) is 4.20. The van der Waals surface area contributed by atoms with Crippen LogP contribution in [0.2, 0.25) is 0 Å². The molecule has 124 valence electrons. The van der Waals surface area contributed by atoms with Gasteiger partial charge in [0.2, 0.25) is 5.95 Å². The number of aromatic amines is 1. The monoisotopic (exact) mass is 323 g/mol. The topological polar surface area (TPSA) is 75.1 Å². The molecule has 0 aliphatic rings. The summed E-state index contributed by atoms with van der Waals surface area (Å²) in [6.45, 7) is 6.05. The van der Waals surface area contributed by atoms with Gasteiger partial charge in [0, 0.05) is 35.3 Å². The molecule has 24 heavy (non-hydrogen) atoms. The van der Waals surface area contributed by atoms with Crippen LogP contribution in [0.1, 0.15) is 36.7 Å². The molecule has 0 bridgehead atoms. The molecule has 0 aliphatic heterocycles. The molecule has 0 fully saturated rings. The van der Waals surface area contributed by atoms with Gasteiger partial charge in [-0.05, 0) is 18.9 Å². The molecule has 0 amide bonds. The molecule has 0 saturated carbocycles. The van der Waals surface area contributed by atoms with Gasteiger partial charge in [-0.2, -0.15) is 5.10 Å². The summed E-state index contributed by atoms with van der Waals surface area (Å²) in [5, 5.41) is 5.40. The second-order valence-corrected chi connectivity index (χ2v) is 6.12. The summed E-state index contributed by atoms with van der Waals surface area (Å²) in [5.74, 6) is 0.525. The van der Waals surface area contributed by atoms with Crippen LogP contribution in [0.15, 0.2) is 40.2 Å². The maximum absolute atomic E-state index is 11.7. The zero-order chi connectivity index (χ0) is 17.3. The van der Waals surface area contributed by atoms with Gasteiger partial charge in [0.1, 0.15) is 0 Å². The summed E-state index contributed by atoms with van der Waals surface area (Å²) in [6, 6.07) is 9.70. The van der Waals surface area contributed by atoms with Crippen LogP contribution >= 0.6 is 0 Å². The van der Waals surface area contributed by atoms with Gasteiger partial charge < -0.3 is 4.57 Å². The van der Waals surface area contributed by atoms with E-state index in [0.29, 0.717) is 5.95 Å². The first-order valence-corrected chi connectivity index (χ1v) is 7.91. The fourth-order valence-electron chi connectivity index (χ4n) is 2.70. The highest BCUT2D eigenvalue weighted by Crippen LogP contribution is 2.23. The van der Waals surface area contributed by atoms with Crippen LogP contribution in [0.4, 0.5) is 5.95 Å². The number of nitrogens with zero attached hydrogens (tertiary/aromatic N) is 3. The summed E-state index contributed by atoms with van der Waals surface area (Å²) >= 11 is 0. The molecule has 2 heterocycles. The maximum atomic E-state index is 11.7. The lowest BCUT2D eigenvalue weighted by atomic mass is 10.1. The van der Waals surface area contributed by atoms with E-state index in [1.54, 1.807) is 6.21 Å². The molecular weight excluding hydrogens is 302 g/mol. The first-order chi connectivity index (χ1) is 11.5. The average molecular weight is 323 g/mol. The predicted molar refractivity (Wildman–Crippen MR) is 97.8 cm³/mol. The average Bonchev–Trinajstić information content (AvgIpc) is 2.80. The number of hydrogen-bond donors (Lipinski definition) is 2. The highest BCUT2D eigenvalue weighted by molar-refractivity contribution is 6.01. The molecule has 1 aromatic carbocycles. The number of fused-ring (bicyclic) bond motifs is 1. The Morgan fingerprint density at radius 1 is 1.33 bits per heavy atom. The number of H-pyrrole nitrogens is 1. The number of hydrogen-bond acceptors (Lipinski definition) is 4. The Morgan fingerprint density at radius 3 is 2.83 bits per heavy atom. The van der Waals surface area contributed by atoms with Crippen molar-refractivity contribution in [2.45, 2.75) is 26.7 Å². The lowest BCUT2D eigenvalue weighted by Crippen LogP contribution is -2.12. The van der Waals surface area contributed by atoms with Gasteiger partial charge in [-0.1, -0.05) is 32.0 Å². The van der Waals surface area contributed by atoms with Crippen molar-refractivity contribution in [1.82, 2.24) is 14.5 Å². The molecule has 0 radical (unpaired) electrons. The van der Waals surface area contributed by atoms with E-state index in [0.717, 1.165) is 27.9 Å².